The molecule has 34 nitrogen and oxygen atoms in total. The number of hydrogen-bond donors (Lipinski definition) is 5. The summed E-state index contributed by atoms with van der Waals surface area (Å²) in [7, 11) is 4.43. The highest BCUT2D eigenvalue weighted by Gasteiger charge is 2.64. The monoisotopic (exact) mass is 1630 g/mol. The number of aromatic nitrogens is 6. The number of nitrogens with zero attached hydrogens (tertiary/aromatic N) is 9. The molecule has 6 aliphatic carbocycles. The van der Waals surface area contributed by atoms with Gasteiger partial charge in [0.05, 0.1) is 45.5 Å². The summed E-state index contributed by atoms with van der Waals surface area (Å²) in [6.07, 6.45) is 11.1. The van der Waals surface area contributed by atoms with Crippen LogP contribution >= 0.6 is 0 Å². The molecule has 8 amide bonds. The standard InChI is InChI=1S/C37H46N6O8.C36H48N6O8.C11H13NO5/c1-6-22-18-37(22,34(46)47)41-32(44)28-16-25(50-29-17-30(43-11-7-10-38-43)39-27-15-23(49-5)8-9-26(27)29)19-42(28)33(45)31(36(2,3)4)40-35(48)51-24-13-20-12-21(20)14-24;1-10-21-19-36(21,32(45)48-9)40-30(43)26-17-23(20-41(26)31(44)29(34(2,3)4)39-33(46)50-35(5,6)7)49-27-18-28(42-15-11-14-37-42)38-25-16-22(47-8)12-13-24(25)27;13-9-1-2-10(14)12(9)17-11(15)16-8-4-6-3-7(6)5-8/h7-11,15,17,20-22,24-25,28,31H,6,12-14,16,18-19H2,1-5H3,(H,40,48)(H,41,44)(H,46,47);11-16,18,21,23,26,29H,10,17,19-20H2,1-9H3,(H,39,46)(H,40,43);6-8H,1-5H2/t20-,21+,22-,24?,25-,28+,31-,37-;21-,23-,26+,29-,36-;6-,7+,8?/m11./s1. The van der Waals surface area contributed by atoms with Crippen molar-refractivity contribution in [1.29, 1.82) is 0 Å². The van der Waals surface area contributed by atoms with E-state index in [1.54, 1.807) is 118 Å². The first-order valence-corrected chi connectivity index (χ1v) is 40.5. The summed E-state index contributed by atoms with van der Waals surface area (Å²) in [6.45, 7) is 20.0. The number of hydrogen-bond acceptors (Lipinski definition) is 24. The number of ether oxygens (including phenoxy) is 8. The molecule has 0 spiro atoms. The van der Waals surface area contributed by atoms with Gasteiger partial charge in [-0.2, -0.15) is 10.2 Å². The van der Waals surface area contributed by atoms with Crippen LogP contribution in [0, 0.1) is 46.3 Å². The summed E-state index contributed by atoms with van der Waals surface area (Å²) in [5.74, 6) is 0.848. The second-order valence-corrected chi connectivity index (χ2v) is 35.5. The van der Waals surface area contributed by atoms with E-state index in [0.717, 1.165) is 25.7 Å². The number of hydroxylamine groups is 2. The van der Waals surface area contributed by atoms with E-state index in [4.69, 9.17) is 47.9 Å². The van der Waals surface area contributed by atoms with Gasteiger partial charge in [-0.05, 0) is 155 Å². The number of likely N-dealkylation sites (tertiary alicyclic amines) is 2. The summed E-state index contributed by atoms with van der Waals surface area (Å²) in [6, 6.07) is 13.7. The van der Waals surface area contributed by atoms with Gasteiger partial charge in [0, 0.05) is 85.5 Å². The Balaban J connectivity index is 0.000000170. The Bertz CT molecular complexity index is 4790. The number of carbonyl (C=O) groups is 11. The number of fused-ring (bicyclic) bond motifs is 4. The van der Waals surface area contributed by atoms with Gasteiger partial charge in [-0.25, -0.2) is 43.3 Å². The third-order valence-corrected chi connectivity index (χ3v) is 23.8. The van der Waals surface area contributed by atoms with Crippen molar-refractivity contribution in [2.24, 2.45) is 46.3 Å². The zero-order chi connectivity index (χ0) is 84.8. The number of imide groups is 1. The van der Waals surface area contributed by atoms with E-state index in [9.17, 15) is 57.8 Å². The highest BCUT2D eigenvalue weighted by Crippen LogP contribution is 2.54. The zero-order valence-electron chi connectivity index (χ0n) is 69.1. The molecule has 0 bridgehead atoms. The second kappa shape index (κ2) is 33.6. The van der Waals surface area contributed by atoms with E-state index in [0.29, 0.717) is 111 Å². The maximum atomic E-state index is 14.5. The number of methoxy groups -OCH3 is 3. The van der Waals surface area contributed by atoms with E-state index in [1.807, 2.05) is 67.5 Å². The van der Waals surface area contributed by atoms with Crippen LogP contribution in [-0.4, -0.2) is 215 Å². The number of esters is 1. The number of carboxylic acids is 1. The highest BCUT2D eigenvalue weighted by atomic mass is 16.8. The molecule has 6 aromatic rings. The largest absolute Gasteiger partial charge is 0.534 e. The summed E-state index contributed by atoms with van der Waals surface area (Å²) in [5, 5.41) is 31.9. The molecular weight excluding hydrogens is 1530 g/mol. The van der Waals surface area contributed by atoms with Crippen molar-refractivity contribution in [3.63, 3.8) is 0 Å². The van der Waals surface area contributed by atoms with Crippen molar-refractivity contribution >= 4 is 87.5 Å². The summed E-state index contributed by atoms with van der Waals surface area (Å²) >= 11 is 0. The number of carbonyl (C=O) groups excluding carboxylic acids is 10. The topological polar surface area (TPSA) is 410 Å². The van der Waals surface area contributed by atoms with Gasteiger partial charge in [0.25, 0.3) is 11.8 Å². The van der Waals surface area contributed by atoms with E-state index in [1.165, 1.54) is 29.8 Å². The van der Waals surface area contributed by atoms with Crippen LogP contribution in [0.3, 0.4) is 0 Å². The van der Waals surface area contributed by atoms with Crippen molar-refractivity contribution in [1.82, 2.24) is 65.7 Å². The van der Waals surface area contributed by atoms with Gasteiger partial charge in [-0.1, -0.05) is 73.3 Å². The van der Waals surface area contributed by atoms with Gasteiger partial charge >= 0.3 is 30.3 Å². The summed E-state index contributed by atoms with van der Waals surface area (Å²) < 4.78 is 48.7. The number of carboxylic acid groups (broad SMARTS) is 1. The van der Waals surface area contributed by atoms with Gasteiger partial charge in [0.1, 0.15) is 88.3 Å². The third kappa shape index (κ3) is 18.8. The number of benzene rings is 2. The fourth-order valence-corrected chi connectivity index (χ4v) is 17.0. The normalized spacial score (nSPS) is 26.8. The molecule has 3 aliphatic heterocycles. The van der Waals surface area contributed by atoms with Crippen molar-refractivity contribution < 1.29 is 101 Å². The Labute approximate surface area is 683 Å². The SMILES string of the molecule is CC[C@@H]1C[C@]1(NC(=O)[C@@H]1C[C@@H](Oc2cc(-n3cccn3)nc3cc(OC)ccc23)CN1C(=O)[C@@H](NC(=O)OC(C)(C)C)C(C)(C)C)C(=O)OC.CC[C@@H]1C[C@]1(NC(=O)[C@@H]1C[C@@H](Oc2cc(-n3cccn3)nc3cc(OC)ccc23)CN1C(=O)[C@@H](NC(=O)OC1C[C@@H]2C[C@@H]2C1)C(C)(C)C)C(=O)O.O=C(OC1C[C@@H]2C[C@@H]2C1)ON1C(=O)CCC1=O. The van der Waals surface area contributed by atoms with Crippen molar-refractivity contribution in [2.45, 2.75) is 231 Å². The smallest absolute Gasteiger partial charge is 0.497 e. The van der Waals surface area contributed by atoms with E-state index in [2.05, 4.69) is 36.3 Å². The molecule has 15 rings (SSSR count). The molecule has 2 aromatic carbocycles. The minimum Gasteiger partial charge on any atom is -0.497 e. The quantitative estimate of drug-likeness (QED) is 0.0226. The molecule has 634 valence electrons. The van der Waals surface area contributed by atoms with Gasteiger partial charge in [0.2, 0.25) is 23.6 Å². The zero-order valence-corrected chi connectivity index (χ0v) is 69.1. The molecule has 4 aromatic heterocycles. The molecule has 6 saturated carbocycles. The maximum Gasteiger partial charge on any atom is 0.534 e. The van der Waals surface area contributed by atoms with Crippen LogP contribution in [0.2, 0.25) is 0 Å². The average Bonchev–Trinajstić information content (AvgIpc) is 1.57. The number of pyridine rings is 2. The van der Waals surface area contributed by atoms with Gasteiger partial charge in [-0.3, -0.25) is 33.6 Å². The van der Waals surface area contributed by atoms with Crippen molar-refractivity contribution in [3.8, 4) is 34.6 Å². The summed E-state index contributed by atoms with van der Waals surface area (Å²) in [5.41, 5.74) is -3.66. The lowest BCUT2D eigenvalue weighted by atomic mass is 9.85. The second-order valence-electron chi connectivity index (χ2n) is 35.5. The Morgan fingerprint density at radius 2 is 0.983 bits per heavy atom. The maximum absolute atomic E-state index is 14.5. The molecular formula is C84H107N13O21. The highest BCUT2D eigenvalue weighted by molar-refractivity contribution is 6.02. The Kier molecular flexibility index (Phi) is 24.1. The van der Waals surface area contributed by atoms with Crippen molar-refractivity contribution in [2.75, 3.05) is 34.4 Å². The molecule has 5 N–H and O–H groups in total. The molecule has 7 heterocycles. The first kappa shape index (κ1) is 84.6. The number of aliphatic carboxylic acids is 1. The third-order valence-electron chi connectivity index (χ3n) is 23.8. The van der Waals surface area contributed by atoms with Crippen LogP contribution < -0.4 is 40.2 Å². The minimum atomic E-state index is -1.38. The van der Waals surface area contributed by atoms with Crippen LogP contribution in [0.25, 0.3) is 33.4 Å². The van der Waals surface area contributed by atoms with Crippen LogP contribution in [-0.2, 0) is 62.1 Å². The summed E-state index contributed by atoms with van der Waals surface area (Å²) in [4.78, 5) is 159. The predicted molar refractivity (Wildman–Crippen MR) is 421 cm³/mol. The molecule has 16 atom stereocenters. The number of nitrogens with one attached hydrogen (secondary N) is 4. The van der Waals surface area contributed by atoms with E-state index in [-0.39, 0.29) is 62.8 Å². The Morgan fingerprint density at radius 1 is 0.551 bits per heavy atom. The lowest BCUT2D eigenvalue weighted by Gasteiger charge is -2.36. The molecule has 9 aliphatic rings. The van der Waals surface area contributed by atoms with Gasteiger partial charge in [-0.15, -0.1) is 0 Å². The van der Waals surface area contributed by atoms with Crippen LogP contribution in [0.4, 0.5) is 14.4 Å². The minimum absolute atomic E-state index is 0.0144. The van der Waals surface area contributed by atoms with E-state index < -0.39 is 130 Å². The molecule has 118 heavy (non-hydrogen) atoms. The fraction of sp³-hybridized carbons (Fsp3) is 0.583. The van der Waals surface area contributed by atoms with Gasteiger partial charge < -0.3 is 74.1 Å². The molecule has 0 radical (unpaired) electrons. The number of alkyl carbamates (subject to hydrolysis) is 2. The molecule has 2 unspecified atom stereocenters. The Hall–Kier alpha value is -11.3. The lowest BCUT2D eigenvalue weighted by Crippen LogP contribution is -2.59. The molecule has 3 saturated heterocycles. The number of amides is 8. The average molecular weight is 1630 g/mol. The fourth-order valence-electron chi connectivity index (χ4n) is 17.0. The van der Waals surface area contributed by atoms with Crippen LogP contribution in [0.1, 0.15) is 166 Å². The number of rotatable bonds is 23. The Morgan fingerprint density at radius 3 is 1.37 bits per heavy atom. The van der Waals surface area contributed by atoms with Crippen LogP contribution in [0.15, 0.2) is 85.5 Å². The lowest BCUT2D eigenvalue weighted by molar-refractivity contribution is -0.178. The van der Waals surface area contributed by atoms with Crippen molar-refractivity contribution in [3.05, 3.63) is 85.5 Å². The van der Waals surface area contributed by atoms with Crippen LogP contribution in [0.5, 0.6) is 23.0 Å². The van der Waals surface area contributed by atoms with E-state index >= 15 is 0 Å². The first-order chi connectivity index (χ1) is 55.9. The first-order valence-electron chi connectivity index (χ1n) is 40.5. The van der Waals surface area contributed by atoms with Gasteiger partial charge in [0.15, 0.2) is 11.6 Å². The molecule has 9 fully saturated rings. The predicted octanol–water partition coefficient (Wildman–Crippen LogP) is 9.26. The molecule has 34 heteroatoms.